The largest absolute Gasteiger partial charge is 0.493 e. The first kappa shape index (κ1) is 30.4. The van der Waals surface area contributed by atoms with Crippen LogP contribution in [-0.4, -0.2) is 24.2 Å². The Morgan fingerprint density at radius 2 is 1.56 bits per heavy atom. The number of ether oxygens (including phenoxy) is 1. The van der Waals surface area contributed by atoms with E-state index in [0.717, 1.165) is 56.0 Å². The van der Waals surface area contributed by atoms with Gasteiger partial charge in [-0.2, -0.15) is 0 Å². The lowest BCUT2D eigenvalue weighted by Gasteiger charge is -2.29. The second-order valence-corrected chi connectivity index (χ2v) is 10.6. The van der Waals surface area contributed by atoms with Crippen molar-refractivity contribution in [1.82, 2.24) is 5.32 Å². The molecule has 0 bridgehead atoms. The van der Waals surface area contributed by atoms with Crippen LogP contribution in [0, 0.1) is 29.1 Å². The molecular weight excluding hydrogens is 563 g/mol. The molecule has 2 amide bonds. The summed E-state index contributed by atoms with van der Waals surface area (Å²) in [7, 11) is 0. The zero-order chi connectivity index (χ0) is 29.5. The van der Waals surface area contributed by atoms with E-state index in [-0.39, 0.29) is 35.1 Å². The lowest BCUT2D eigenvalue weighted by molar-refractivity contribution is -0.116. The lowest BCUT2D eigenvalue weighted by Crippen LogP contribution is -2.35. The van der Waals surface area contributed by atoms with Gasteiger partial charge in [0.1, 0.15) is 34.8 Å². The van der Waals surface area contributed by atoms with Crippen LogP contribution in [0.15, 0.2) is 47.4 Å². The van der Waals surface area contributed by atoms with Gasteiger partial charge in [0.2, 0.25) is 5.91 Å². The molecule has 11 heteroatoms. The summed E-state index contributed by atoms with van der Waals surface area (Å²) in [5.74, 6) is -5.96. The van der Waals surface area contributed by atoms with Crippen molar-refractivity contribution in [2.24, 2.45) is 0 Å². The Hall–Kier alpha value is -3.60. The number of carbonyl (C=O) groups is 2. The molecule has 1 aliphatic heterocycles. The summed E-state index contributed by atoms with van der Waals surface area (Å²) in [6.45, 7) is 1.59. The average Bonchev–Trinajstić information content (AvgIpc) is 2.92. The van der Waals surface area contributed by atoms with Crippen LogP contribution in [0.4, 0.5) is 27.6 Å². The first-order valence-corrected chi connectivity index (χ1v) is 14.3. The van der Waals surface area contributed by atoms with Crippen molar-refractivity contribution in [2.75, 3.05) is 17.3 Å². The molecule has 0 fully saturated rings. The number of hydrogen-bond donors (Lipinski definition) is 1. The van der Waals surface area contributed by atoms with Crippen molar-refractivity contribution in [2.45, 2.75) is 57.0 Å². The lowest BCUT2D eigenvalue weighted by atomic mass is 10.1. The van der Waals surface area contributed by atoms with Gasteiger partial charge in [0, 0.05) is 52.4 Å². The van der Waals surface area contributed by atoms with Gasteiger partial charge in [-0.05, 0) is 24.6 Å². The quantitative estimate of drug-likeness (QED) is 0.177. The summed E-state index contributed by atoms with van der Waals surface area (Å²) in [5, 5.41) is 2.39. The molecule has 3 aromatic rings. The number of thioether (sulfide) groups is 1. The SMILES string of the molecule is CCCCCCCOc1cc(F)c(CN2C(=O)CSc3cc(C(=O)NCc4c(F)cc(F)cc4F)ccc32)c(F)c1. The Labute approximate surface area is 239 Å². The Kier molecular flexibility index (Phi) is 10.3. The fourth-order valence-electron chi connectivity index (χ4n) is 4.40. The van der Waals surface area contributed by atoms with Crippen molar-refractivity contribution >= 4 is 29.3 Å². The Balaban J connectivity index is 1.44. The summed E-state index contributed by atoms with van der Waals surface area (Å²) >= 11 is 1.15. The summed E-state index contributed by atoms with van der Waals surface area (Å²) in [5.41, 5.74) is -0.278. The van der Waals surface area contributed by atoms with E-state index in [1.807, 2.05) is 0 Å². The second-order valence-electron chi connectivity index (χ2n) is 9.61. The van der Waals surface area contributed by atoms with Gasteiger partial charge in [0.05, 0.1) is 24.6 Å². The van der Waals surface area contributed by atoms with Gasteiger partial charge in [-0.15, -0.1) is 11.8 Å². The molecule has 4 rings (SSSR count). The number of rotatable bonds is 12. The number of unbranched alkanes of at least 4 members (excludes halogenated alkanes) is 4. The zero-order valence-corrected chi connectivity index (χ0v) is 23.2. The molecular formula is C30H29F5N2O3S. The number of fused-ring (bicyclic) bond motifs is 1. The number of anilines is 1. The number of carbonyl (C=O) groups excluding carboxylic acids is 2. The van der Waals surface area contributed by atoms with E-state index in [2.05, 4.69) is 12.2 Å². The molecule has 5 nitrogen and oxygen atoms in total. The molecule has 0 spiro atoms. The molecule has 0 radical (unpaired) electrons. The minimum absolute atomic E-state index is 0.0213. The number of nitrogens with one attached hydrogen (secondary N) is 1. The fourth-order valence-corrected chi connectivity index (χ4v) is 5.37. The van der Waals surface area contributed by atoms with Crippen LogP contribution in [0.3, 0.4) is 0 Å². The van der Waals surface area contributed by atoms with Crippen molar-refractivity contribution in [3.05, 3.63) is 88.2 Å². The average molecular weight is 593 g/mol. The molecule has 41 heavy (non-hydrogen) atoms. The van der Waals surface area contributed by atoms with Gasteiger partial charge >= 0.3 is 0 Å². The van der Waals surface area contributed by atoms with Gasteiger partial charge in [-0.3, -0.25) is 9.59 Å². The Morgan fingerprint density at radius 1 is 0.902 bits per heavy atom. The molecule has 0 aliphatic carbocycles. The third kappa shape index (κ3) is 7.58. The van der Waals surface area contributed by atoms with E-state index in [0.29, 0.717) is 29.3 Å². The fraction of sp³-hybridized carbons (Fsp3) is 0.333. The van der Waals surface area contributed by atoms with Crippen molar-refractivity contribution < 1.29 is 36.3 Å². The number of benzene rings is 3. The third-order valence-corrected chi connectivity index (χ3v) is 7.67. The van der Waals surface area contributed by atoms with Crippen molar-refractivity contribution in [1.29, 1.82) is 0 Å². The second kappa shape index (κ2) is 13.8. The molecule has 0 atom stereocenters. The van der Waals surface area contributed by atoms with Crippen LogP contribution in [0.1, 0.15) is 60.5 Å². The van der Waals surface area contributed by atoms with E-state index in [1.165, 1.54) is 23.1 Å². The highest BCUT2D eigenvalue weighted by Crippen LogP contribution is 2.37. The van der Waals surface area contributed by atoms with Gasteiger partial charge in [0.15, 0.2) is 0 Å². The van der Waals surface area contributed by atoms with E-state index in [1.54, 1.807) is 0 Å². The highest BCUT2D eigenvalue weighted by Gasteiger charge is 2.28. The van der Waals surface area contributed by atoms with E-state index in [9.17, 15) is 31.5 Å². The smallest absolute Gasteiger partial charge is 0.251 e. The van der Waals surface area contributed by atoms with Gasteiger partial charge in [-0.25, -0.2) is 22.0 Å². The maximum absolute atomic E-state index is 14.9. The van der Waals surface area contributed by atoms with Crippen LogP contribution in [0.25, 0.3) is 0 Å². The number of amides is 2. The van der Waals surface area contributed by atoms with Crippen LogP contribution < -0.4 is 15.0 Å². The summed E-state index contributed by atoms with van der Waals surface area (Å²) in [6.07, 6.45) is 5.07. The highest BCUT2D eigenvalue weighted by atomic mass is 32.2. The molecule has 3 aromatic carbocycles. The van der Waals surface area contributed by atoms with E-state index < -0.39 is 47.1 Å². The Bertz CT molecular complexity index is 1390. The first-order valence-electron chi connectivity index (χ1n) is 13.3. The minimum atomic E-state index is -1.13. The molecule has 1 aliphatic rings. The number of hydrogen-bond acceptors (Lipinski definition) is 4. The maximum atomic E-state index is 14.9. The van der Waals surface area contributed by atoms with Crippen LogP contribution in [0.2, 0.25) is 0 Å². The third-order valence-electron chi connectivity index (χ3n) is 6.64. The standard InChI is InChI=1S/C30H29F5N2O3S/c1-2-3-4-5-6-9-40-20-13-25(34)22(26(35)14-20)16-37-27-8-7-18(10-28(27)41-17-29(37)38)30(39)36-15-21-23(32)11-19(31)12-24(21)33/h7-8,10-14H,2-6,9,15-17H2,1H3,(H,36,39). The molecule has 0 aromatic heterocycles. The van der Waals surface area contributed by atoms with Crippen molar-refractivity contribution in [3.63, 3.8) is 0 Å². The topological polar surface area (TPSA) is 58.6 Å². The number of nitrogens with zero attached hydrogens (tertiary/aromatic N) is 1. The maximum Gasteiger partial charge on any atom is 0.251 e. The van der Waals surface area contributed by atoms with Crippen LogP contribution >= 0.6 is 11.8 Å². The first-order chi connectivity index (χ1) is 19.7. The summed E-state index contributed by atoms with van der Waals surface area (Å²) in [6, 6.07) is 7.60. The molecule has 218 valence electrons. The minimum Gasteiger partial charge on any atom is -0.493 e. The van der Waals surface area contributed by atoms with Gasteiger partial charge in [0.25, 0.3) is 5.91 Å². The van der Waals surface area contributed by atoms with Crippen LogP contribution in [-0.2, 0) is 17.9 Å². The van der Waals surface area contributed by atoms with E-state index >= 15 is 0 Å². The van der Waals surface area contributed by atoms with E-state index in [4.69, 9.17) is 4.74 Å². The predicted molar refractivity (Wildman–Crippen MR) is 146 cm³/mol. The Morgan fingerprint density at radius 3 is 2.24 bits per heavy atom. The van der Waals surface area contributed by atoms with Crippen LogP contribution in [0.5, 0.6) is 5.75 Å². The summed E-state index contributed by atoms with van der Waals surface area (Å²) in [4.78, 5) is 27.1. The number of halogens is 5. The zero-order valence-electron chi connectivity index (χ0n) is 22.4. The molecule has 0 saturated carbocycles. The molecule has 1 heterocycles. The molecule has 1 N–H and O–H groups in total. The molecule has 0 saturated heterocycles. The monoisotopic (exact) mass is 592 g/mol. The summed E-state index contributed by atoms with van der Waals surface area (Å²) < 4.78 is 76.3. The normalized spacial score (nSPS) is 12.8. The highest BCUT2D eigenvalue weighted by molar-refractivity contribution is 8.00. The predicted octanol–water partition coefficient (Wildman–Crippen LogP) is 7.30. The van der Waals surface area contributed by atoms with Gasteiger partial charge in [-0.1, -0.05) is 32.6 Å². The molecule has 0 unspecified atom stereocenters. The van der Waals surface area contributed by atoms with Gasteiger partial charge < -0.3 is 15.0 Å². The van der Waals surface area contributed by atoms with Crippen molar-refractivity contribution in [3.8, 4) is 5.75 Å².